The average molecular weight is 207 g/mol. The normalized spacial score (nSPS) is 11.6. The molecule has 0 aromatic rings. The smallest absolute Gasteiger partial charge is 0.287 e. The Balaban J connectivity index is 3.95. The van der Waals surface area contributed by atoms with Gasteiger partial charge in [0.25, 0.3) is 5.91 Å². The molecule has 15 heavy (non-hydrogen) atoms. The van der Waals surface area contributed by atoms with Crippen molar-refractivity contribution in [3.8, 4) is 0 Å². The molecule has 0 aromatic heterocycles. The topological polar surface area (TPSA) is 46.2 Å². The third-order valence-corrected chi connectivity index (χ3v) is 1.78. The van der Waals surface area contributed by atoms with Crippen molar-refractivity contribution in [1.29, 1.82) is 0 Å². The van der Waals surface area contributed by atoms with Gasteiger partial charge in [-0.15, -0.1) is 5.47 Å². The number of likely N-dealkylation sites (N-methyl/N-ethyl adjacent to an activating group) is 1. The van der Waals surface area contributed by atoms with Crippen molar-refractivity contribution in [2.75, 3.05) is 6.54 Å². The van der Waals surface area contributed by atoms with Crippen LogP contribution >= 0.6 is 0 Å². The Bertz CT molecular complexity index is 259. The Morgan fingerprint density at radius 2 is 1.93 bits per heavy atom. The summed E-state index contributed by atoms with van der Waals surface area (Å²) in [6, 6.07) is 0. The van der Waals surface area contributed by atoms with Crippen LogP contribution in [-0.4, -0.2) is 26.1 Å². The molecule has 0 heterocycles. The van der Waals surface area contributed by atoms with Crippen LogP contribution < -0.4 is 5.32 Å². The predicted octanol–water partition coefficient (Wildman–Crippen LogP) is 1.18. The first-order valence-corrected chi connectivity index (χ1v) is 5.24. The summed E-state index contributed by atoms with van der Waals surface area (Å²) in [7, 11) is 5.67. The van der Waals surface area contributed by atoms with Gasteiger partial charge in [-0.1, -0.05) is 19.9 Å². The summed E-state index contributed by atoms with van der Waals surface area (Å²) in [5.41, 5.74) is 0.669. The Labute approximate surface area is 92.7 Å². The summed E-state index contributed by atoms with van der Waals surface area (Å²) in [6.07, 6.45) is 2.53. The first kappa shape index (κ1) is 13.9. The molecule has 1 amide bonds. The van der Waals surface area contributed by atoms with Crippen molar-refractivity contribution >= 4 is 19.5 Å². The fraction of sp³-hybridized carbons (Fsp3) is 0.636. The van der Waals surface area contributed by atoms with Crippen molar-refractivity contribution in [2.45, 2.75) is 33.6 Å². The van der Waals surface area contributed by atoms with Crippen LogP contribution in [-0.2, 0) is 9.59 Å². The highest BCUT2D eigenvalue weighted by Crippen LogP contribution is 2.05. The number of rotatable bonds is 6. The summed E-state index contributed by atoms with van der Waals surface area (Å²) >= 11 is 0. The SMILES string of the molecule is [B]/C(=C\C(C)C)CCC(=O)C(=O)NCC. The maximum Gasteiger partial charge on any atom is 0.287 e. The van der Waals surface area contributed by atoms with Crippen LogP contribution in [0.1, 0.15) is 33.6 Å². The standard InChI is InChI=1S/C11H18BNO2/c1-4-13-11(15)10(14)6-5-9(12)7-8(2)3/h7-8H,4-6H2,1-3H3,(H,13,15)/b9-7-. The van der Waals surface area contributed by atoms with Crippen LogP contribution in [0.15, 0.2) is 11.5 Å². The minimum Gasteiger partial charge on any atom is -0.350 e. The van der Waals surface area contributed by atoms with Gasteiger partial charge < -0.3 is 5.32 Å². The highest BCUT2D eigenvalue weighted by molar-refractivity contribution is 6.36. The fourth-order valence-corrected chi connectivity index (χ4v) is 1.14. The number of carbonyl (C=O) groups excluding carboxylic acids is 2. The number of Topliss-reactive ketones (excluding diaryl/α,β-unsaturated/α-hetero) is 1. The molecular formula is C11H18BNO2. The Morgan fingerprint density at radius 1 is 1.33 bits per heavy atom. The van der Waals surface area contributed by atoms with Crippen LogP contribution in [0.4, 0.5) is 0 Å². The van der Waals surface area contributed by atoms with Crippen molar-refractivity contribution in [3.63, 3.8) is 0 Å². The first-order valence-electron chi connectivity index (χ1n) is 5.24. The van der Waals surface area contributed by atoms with E-state index in [1.165, 1.54) is 0 Å². The van der Waals surface area contributed by atoms with Crippen LogP contribution in [0.5, 0.6) is 0 Å². The molecule has 0 atom stereocenters. The maximum absolute atomic E-state index is 11.2. The molecular weight excluding hydrogens is 189 g/mol. The van der Waals surface area contributed by atoms with Crippen molar-refractivity contribution in [3.05, 3.63) is 11.5 Å². The summed E-state index contributed by atoms with van der Waals surface area (Å²) in [6.45, 7) is 6.27. The number of hydrogen-bond acceptors (Lipinski definition) is 2. The monoisotopic (exact) mass is 207 g/mol. The second-order valence-corrected chi connectivity index (χ2v) is 3.77. The second kappa shape index (κ2) is 7.26. The van der Waals surface area contributed by atoms with E-state index in [0.29, 0.717) is 24.4 Å². The van der Waals surface area contributed by atoms with Gasteiger partial charge >= 0.3 is 0 Å². The number of hydrogen-bond donors (Lipinski definition) is 1. The lowest BCUT2D eigenvalue weighted by Crippen LogP contribution is -2.30. The maximum atomic E-state index is 11.2. The van der Waals surface area contributed by atoms with E-state index >= 15 is 0 Å². The summed E-state index contributed by atoms with van der Waals surface area (Å²) < 4.78 is 0. The van der Waals surface area contributed by atoms with Gasteiger partial charge in [0.15, 0.2) is 0 Å². The molecule has 0 saturated heterocycles. The minimum atomic E-state index is -0.519. The summed E-state index contributed by atoms with van der Waals surface area (Å²) in [4.78, 5) is 22.3. The van der Waals surface area contributed by atoms with E-state index in [1.54, 1.807) is 6.92 Å². The zero-order valence-corrected chi connectivity index (χ0v) is 9.67. The Morgan fingerprint density at radius 3 is 2.40 bits per heavy atom. The van der Waals surface area contributed by atoms with Gasteiger partial charge in [0.05, 0.1) is 0 Å². The van der Waals surface area contributed by atoms with Gasteiger partial charge in [-0.05, 0) is 19.3 Å². The minimum absolute atomic E-state index is 0.181. The second-order valence-electron chi connectivity index (χ2n) is 3.77. The van der Waals surface area contributed by atoms with E-state index < -0.39 is 11.7 Å². The molecule has 0 bridgehead atoms. The number of nitrogens with one attached hydrogen (secondary N) is 1. The van der Waals surface area contributed by atoms with Gasteiger partial charge in [0, 0.05) is 13.0 Å². The van der Waals surface area contributed by atoms with Crippen LogP contribution in [0.3, 0.4) is 0 Å². The molecule has 82 valence electrons. The lowest BCUT2D eigenvalue weighted by molar-refractivity contribution is -0.137. The molecule has 0 aliphatic heterocycles. The number of amides is 1. The third kappa shape index (κ3) is 6.94. The molecule has 0 rings (SSSR count). The molecule has 0 saturated carbocycles. The molecule has 4 heteroatoms. The molecule has 0 aliphatic rings. The number of allylic oxidation sites excluding steroid dienone is 2. The van der Waals surface area contributed by atoms with Gasteiger partial charge in [0.1, 0.15) is 7.85 Å². The van der Waals surface area contributed by atoms with Crippen molar-refractivity contribution in [2.24, 2.45) is 5.92 Å². The van der Waals surface area contributed by atoms with Gasteiger partial charge in [-0.3, -0.25) is 9.59 Å². The van der Waals surface area contributed by atoms with E-state index in [4.69, 9.17) is 7.85 Å². The number of carbonyl (C=O) groups is 2. The Kier molecular flexibility index (Phi) is 6.75. The van der Waals surface area contributed by atoms with Gasteiger partial charge in [-0.2, -0.15) is 0 Å². The molecule has 0 spiro atoms. The molecule has 2 radical (unpaired) electrons. The molecule has 3 nitrogen and oxygen atoms in total. The lowest BCUT2D eigenvalue weighted by Gasteiger charge is -2.04. The zero-order chi connectivity index (χ0) is 11.8. The van der Waals surface area contributed by atoms with Crippen LogP contribution in [0, 0.1) is 5.92 Å². The van der Waals surface area contributed by atoms with Crippen LogP contribution in [0.2, 0.25) is 0 Å². The van der Waals surface area contributed by atoms with E-state index in [2.05, 4.69) is 5.32 Å². The first-order chi connectivity index (χ1) is 6.97. The van der Waals surface area contributed by atoms with Crippen LogP contribution in [0.25, 0.3) is 0 Å². The third-order valence-electron chi connectivity index (χ3n) is 1.78. The predicted molar refractivity (Wildman–Crippen MR) is 61.6 cm³/mol. The average Bonchev–Trinajstić information content (AvgIpc) is 2.13. The van der Waals surface area contributed by atoms with Gasteiger partial charge in [-0.25, -0.2) is 0 Å². The summed E-state index contributed by atoms with van der Waals surface area (Å²) in [5, 5.41) is 2.46. The highest BCUT2D eigenvalue weighted by atomic mass is 16.2. The largest absolute Gasteiger partial charge is 0.350 e. The summed E-state index contributed by atoms with van der Waals surface area (Å²) in [5.74, 6) is -0.559. The molecule has 0 aliphatic carbocycles. The number of ketones is 1. The fourth-order valence-electron chi connectivity index (χ4n) is 1.14. The van der Waals surface area contributed by atoms with E-state index in [1.807, 2.05) is 19.9 Å². The van der Waals surface area contributed by atoms with Gasteiger partial charge in [0.2, 0.25) is 5.78 Å². The lowest BCUT2D eigenvalue weighted by atomic mass is 9.88. The van der Waals surface area contributed by atoms with Crippen molar-refractivity contribution in [1.82, 2.24) is 5.32 Å². The molecule has 0 fully saturated rings. The quantitative estimate of drug-likeness (QED) is 0.525. The molecule has 0 aromatic carbocycles. The van der Waals surface area contributed by atoms with E-state index in [-0.39, 0.29) is 6.42 Å². The molecule has 1 N–H and O–H groups in total. The highest BCUT2D eigenvalue weighted by Gasteiger charge is 2.11. The zero-order valence-electron chi connectivity index (χ0n) is 9.67. The van der Waals surface area contributed by atoms with E-state index in [9.17, 15) is 9.59 Å². The molecule has 0 unspecified atom stereocenters. The van der Waals surface area contributed by atoms with Crippen molar-refractivity contribution < 1.29 is 9.59 Å². The Hall–Kier alpha value is -1.06. The van der Waals surface area contributed by atoms with E-state index in [0.717, 1.165) is 0 Å².